The van der Waals surface area contributed by atoms with Crippen LogP contribution in [-0.2, 0) is 0 Å². The summed E-state index contributed by atoms with van der Waals surface area (Å²) in [6, 6.07) is 0. The minimum absolute atomic E-state index is 0.168. The van der Waals surface area contributed by atoms with Gasteiger partial charge in [0.1, 0.15) is 0 Å². The van der Waals surface area contributed by atoms with Crippen molar-refractivity contribution in [1.82, 2.24) is 14.7 Å². The maximum atomic E-state index is 10.8. The Kier molecular flexibility index (Phi) is 1.42. The Bertz CT molecular complexity index is 229. The molecule has 6 heteroatoms. The third-order valence-corrected chi connectivity index (χ3v) is 3.11. The summed E-state index contributed by atoms with van der Waals surface area (Å²) in [5.41, 5.74) is 0. The fourth-order valence-electron chi connectivity index (χ4n) is 2.82. The molecule has 0 radical (unpaired) electrons. The van der Waals surface area contributed by atoms with Crippen LogP contribution in [0.4, 0.5) is 0 Å². The average Bonchev–Trinajstić information content (AvgIpc) is 2.00. The van der Waals surface area contributed by atoms with Gasteiger partial charge in [0.15, 0.2) is 0 Å². The van der Waals surface area contributed by atoms with Gasteiger partial charge in [0.25, 0.3) is 0 Å². The molecule has 4 heterocycles. The summed E-state index contributed by atoms with van der Waals surface area (Å²) in [6.45, 7) is 4.48. The van der Waals surface area contributed by atoms with Crippen molar-refractivity contribution < 1.29 is 4.92 Å². The molecular formula is C7H12N4O2. The summed E-state index contributed by atoms with van der Waals surface area (Å²) in [5, 5.41) is 10.8. The minimum atomic E-state index is -0.548. The molecule has 13 heavy (non-hydrogen) atoms. The van der Waals surface area contributed by atoms with E-state index < -0.39 is 6.29 Å². The zero-order valence-electron chi connectivity index (χ0n) is 7.30. The van der Waals surface area contributed by atoms with Crippen molar-refractivity contribution in [2.24, 2.45) is 5.92 Å². The van der Waals surface area contributed by atoms with Crippen LogP contribution in [0.1, 0.15) is 0 Å². The predicted octanol–water partition coefficient (Wildman–Crippen LogP) is -0.975. The van der Waals surface area contributed by atoms with Crippen molar-refractivity contribution >= 4 is 0 Å². The predicted molar refractivity (Wildman–Crippen MR) is 44.1 cm³/mol. The summed E-state index contributed by atoms with van der Waals surface area (Å²) in [6.07, 6.45) is -0.548. The van der Waals surface area contributed by atoms with E-state index in [1.807, 2.05) is 9.80 Å². The van der Waals surface area contributed by atoms with Crippen LogP contribution in [0.5, 0.6) is 0 Å². The molecule has 0 N–H and O–H groups in total. The van der Waals surface area contributed by atoms with Crippen molar-refractivity contribution in [1.29, 1.82) is 0 Å². The summed E-state index contributed by atoms with van der Waals surface area (Å²) < 4.78 is 0. The second-order valence-corrected chi connectivity index (χ2v) is 4.18. The average molecular weight is 184 g/mol. The van der Waals surface area contributed by atoms with Gasteiger partial charge in [-0.1, -0.05) is 0 Å². The number of nitro groups is 1. The third kappa shape index (κ3) is 0.993. The highest BCUT2D eigenvalue weighted by Crippen LogP contribution is 2.29. The molecule has 4 rings (SSSR count). The number of hydrogen-bond acceptors (Lipinski definition) is 5. The van der Waals surface area contributed by atoms with E-state index in [0.717, 1.165) is 33.0 Å². The summed E-state index contributed by atoms with van der Waals surface area (Å²) in [5.74, 6) is 0.624. The first-order chi connectivity index (χ1) is 6.24. The van der Waals surface area contributed by atoms with Crippen LogP contribution in [0.3, 0.4) is 0 Å². The summed E-state index contributed by atoms with van der Waals surface area (Å²) in [4.78, 5) is 16.8. The molecule has 0 saturated carbocycles. The van der Waals surface area contributed by atoms with Crippen LogP contribution >= 0.6 is 0 Å². The molecule has 0 aromatic heterocycles. The second-order valence-electron chi connectivity index (χ2n) is 4.18. The van der Waals surface area contributed by atoms with Crippen molar-refractivity contribution in [3.05, 3.63) is 10.1 Å². The highest BCUT2D eigenvalue weighted by molar-refractivity contribution is 4.90. The van der Waals surface area contributed by atoms with Gasteiger partial charge in [-0.2, -0.15) is 0 Å². The van der Waals surface area contributed by atoms with Crippen LogP contribution in [0.2, 0.25) is 0 Å². The molecule has 2 atom stereocenters. The van der Waals surface area contributed by atoms with Gasteiger partial charge in [-0.3, -0.25) is 15.0 Å². The molecule has 0 amide bonds. The van der Waals surface area contributed by atoms with Crippen LogP contribution in [0, 0.1) is 16.0 Å². The van der Waals surface area contributed by atoms with E-state index >= 15 is 0 Å². The van der Waals surface area contributed by atoms with Crippen LogP contribution < -0.4 is 0 Å². The topological polar surface area (TPSA) is 52.9 Å². The van der Waals surface area contributed by atoms with Crippen LogP contribution in [0.25, 0.3) is 0 Å². The molecule has 4 bridgehead atoms. The maximum Gasteiger partial charge on any atom is 0.330 e. The van der Waals surface area contributed by atoms with Crippen molar-refractivity contribution in [2.45, 2.75) is 6.29 Å². The number of rotatable bonds is 1. The fourth-order valence-corrected chi connectivity index (χ4v) is 2.82. The molecule has 6 nitrogen and oxygen atoms in total. The lowest BCUT2D eigenvalue weighted by Crippen LogP contribution is -2.74. The van der Waals surface area contributed by atoms with Crippen LogP contribution in [-0.4, -0.2) is 58.9 Å². The van der Waals surface area contributed by atoms with Gasteiger partial charge in [-0.15, -0.1) is 0 Å². The lowest BCUT2D eigenvalue weighted by molar-refractivity contribution is -0.597. The molecule has 0 aromatic carbocycles. The van der Waals surface area contributed by atoms with Gasteiger partial charge in [-0.25, -0.2) is 9.80 Å². The summed E-state index contributed by atoms with van der Waals surface area (Å²) in [7, 11) is 0. The van der Waals surface area contributed by atoms with Crippen LogP contribution in [0.15, 0.2) is 0 Å². The highest BCUT2D eigenvalue weighted by atomic mass is 16.6. The molecule has 2 unspecified atom stereocenters. The molecule has 4 aliphatic rings. The number of hydrogen-bond donors (Lipinski definition) is 0. The monoisotopic (exact) mass is 184 g/mol. The zero-order valence-corrected chi connectivity index (χ0v) is 7.30. The molecule has 0 aliphatic carbocycles. The third-order valence-electron chi connectivity index (χ3n) is 3.11. The first kappa shape index (κ1) is 7.66. The molecule has 4 aliphatic heterocycles. The molecule has 4 fully saturated rings. The van der Waals surface area contributed by atoms with E-state index in [0.29, 0.717) is 5.92 Å². The normalized spacial score (nSPS) is 52.5. The minimum Gasteiger partial charge on any atom is -0.277 e. The SMILES string of the molecule is O=[N+]([O-])C1N2CC3CN(C2)CN1C3. The summed E-state index contributed by atoms with van der Waals surface area (Å²) >= 11 is 0. The lowest BCUT2D eigenvalue weighted by atomic mass is 10.0. The van der Waals surface area contributed by atoms with E-state index in [-0.39, 0.29) is 4.92 Å². The lowest BCUT2D eigenvalue weighted by Gasteiger charge is -2.55. The molecule has 0 spiro atoms. The largest absolute Gasteiger partial charge is 0.330 e. The Labute approximate surface area is 75.8 Å². The van der Waals surface area contributed by atoms with E-state index in [2.05, 4.69) is 4.90 Å². The fraction of sp³-hybridized carbons (Fsp3) is 1.00. The Morgan fingerprint density at radius 3 is 2.23 bits per heavy atom. The molecule has 0 aromatic rings. The van der Waals surface area contributed by atoms with Gasteiger partial charge in [0.2, 0.25) is 0 Å². The maximum absolute atomic E-state index is 10.8. The van der Waals surface area contributed by atoms with Gasteiger partial charge in [-0.05, 0) is 5.92 Å². The second kappa shape index (κ2) is 2.40. The Balaban J connectivity index is 1.89. The van der Waals surface area contributed by atoms with E-state index in [4.69, 9.17) is 0 Å². The van der Waals surface area contributed by atoms with Gasteiger partial charge in [0, 0.05) is 19.6 Å². The standard InChI is InChI=1S/C7H12N4O2/c12-11(13)7-9-2-6-1-8(4-9)5-10(7)3-6/h6-7H,1-5H2. The van der Waals surface area contributed by atoms with Gasteiger partial charge in [0.05, 0.1) is 18.3 Å². The molecular weight excluding hydrogens is 172 g/mol. The van der Waals surface area contributed by atoms with Crippen molar-refractivity contribution in [3.63, 3.8) is 0 Å². The van der Waals surface area contributed by atoms with E-state index in [1.54, 1.807) is 0 Å². The Hall–Kier alpha value is -0.720. The quantitative estimate of drug-likeness (QED) is 0.387. The Morgan fingerprint density at radius 2 is 1.77 bits per heavy atom. The highest BCUT2D eigenvalue weighted by Gasteiger charge is 2.50. The molecule has 72 valence electrons. The van der Waals surface area contributed by atoms with E-state index in [1.165, 1.54) is 0 Å². The van der Waals surface area contributed by atoms with E-state index in [9.17, 15) is 10.1 Å². The van der Waals surface area contributed by atoms with Crippen molar-refractivity contribution in [3.8, 4) is 0 Å². The van der Waals surface area contributed by atoms with Gasteiger partial charge >= 0.3 is 6.29 Å². The first-order valence-electron chi connectivity index (χ1n) is 4.58. The smallest absolute Gasteiger partial charge is 0.277 e. The first-order valence-corrected chi connectivity index (χ1v) is 4.58. The zero-order chi connectivity index (χ0) is 9.00. The molecule has 4 saturated heterocycles. The van der Waals surface area contributed by atoms with Crippen molar-refractivity contribution in [2.75, 3.05) is 33.0 Å². The Morgan fingerprint density at radius 1 is 1.15 bits per heavy atom. The number of nitrogens with zero attached hydrogens (tertiary/aromatic N) is 4. The van der Waals surface area contributed by atoms with Gasteiger partial charge < -0.3 is 0 Å².